The summed E-state index contributed by atoms with van der Waals surface area (Å²) in [6.45, 7) is 6.11. The summed E-state index contributed by atoms with van der Waals surface area (Å²) < 4.78 is 4.75. The summed E-state index contributed by atoms with van der Waals surface area (Å²) in [6.07, 6.45) is 0. The van der Waals surface area contributed by atoms with Crippen molar-refractivity contribution in [3.63, 3.8) is 0 Å². The number of phenols is 1. The van der Waals surface area contributed by atoms with E-state index in [0.29, 0.717) is 12.2 Å². The van der Waals surface area contributed by atoms with Crippen LogP contribution < -0.4 is 0 Å². The molecule has 0 aromatic heterocycles. The number of phenolic OH excluding ortho intramolecular Hbond substituents is 1. The minimum Gasteiger partial charge on any atom is -0.508 e. The highest BCUT2D eigenvalue weighted by molar-refractivity contribution is 5.89. The quantitative estimate of drug-likeness (QED) is 0.739. The molecule has 3 nitrogen and oxygen atoms in total. The zero-order chi connectivity index (χ0) is 11.0. The van der Waals surface area contributed by atoms with Crippen LogP contribution in [0.5, 0.6) is 5.75 Å². The van der Waals surface area contributed by atoms with Crippen LogP contribution in [0.1, 0.15) is 31.1 Å². The first-order valence-electron chi connectivity index (χ1n) is 4.70. The summed E-state index contributed by atoms with van der Waals surface area (Å²) in [5.41, 5.74) is 0.453. The second-order valence-corrected chi connectivity index (χ2v) is 2.27. The fourth-order valence-corrected chi connectivity index (χ4v) is 0.812. The highest BCUT2D eigenvalue weighted by Gasteiger charge is 2.04. The second kappa shape index (κ2) is 6.95. The van der Waals surface area contributed by atoms with Crippen molar-refractivity contribution in [1.82, 2.24) is 0 Å². The lowest BCUT2D eigenvalue weighted by molar-refractivity contribution is 0.0526. The highest BCUT2D eigenvalue weighted by atomic mass is 16.5. The molecule has 0 atom stereocenters. The van der Waals surface area contributed by atoms with E-state index in [-0.39, 0.29) is 11.7 Å². The zero-order valence-corrected chi connectivity index (χ0v) is 8.78. The lowest BCUT2D eigenvalue weighted by atomic mass is 10.2. The summed E-state index contributed by atoms with van der Waals surface area (Å²) in [4.78, 5) is 11.1. The second-order valence-electron chi connectivity index (χ2n) is 2.27. The monoisotopic (exact) mass is 196 g/mol. The van der Waals surface area contributed by atoms with Gasteiger partial charge in [-0.15, -0.1) is 0 Å². The summed E-state index contributed by atoms with van der Waals surface area (Å²) in [5, 5.41) is 8.92. The zero-order valence-electron chi connectivity index (χ0n) is 8.78. The molecule has 3 heteroatoms. The predicted octanol–water partition coefficient (Wildman–Crippen LogP) is 2.60. The number of benzene rings is 1. The molecule has 78 valence electrons. The van der Waals surface area contributed by atoms with Crippen molar-refractivity contribution in [1.29, 1.82) is 0 Å². The van der Waals surface area contributed by atoms with E-state index in [1.807, 2.05) is 13.8 Å². The van der Waals surface area contributed by atoms with Crippen LogP contribution in [0.25, 0.3) is 0 Å². The third kappa shape index (κ3) is 3.94. The van der Waals surface area contributed by atoms with Crippen LogP contribution in [0.2, 0.25) is 0 Å². The standard InChI is InChI=1S/C9H10O3.C2H6/c1-2-12-9(11)7-3-5-8(10)6-4-7;1-2/h3-6,10H,2H2,1H3;1-2H3. The lowest BCUT2D eigenvalue weighted by Crippen LogP contribution is -2.03. The molecular formula is C11H16O3. The molecule has 0 aliphatic heterocycles. The molecule has 0 spiro atoms. The molecule has 0 aliphatic carbocycles. The Kier molecular flexibility index (Phi) is 6.20. The number of carbonyl (C=O) groups is 1. The van der Waals surface area contributed by atoms with Crippen LogP contribution in [-0.2, 0) is 4.74 Å². The van der Waals surface area contributed by atoms with Gasteiger partial charge >= 0.3 is 5.97 Å². The third-order valence-corrected chi connectivity index (χ3v) is 1.38. The van der Waals surface area contributed by atoms with E-state index in [0.717, 1.165) is 0 Å². The van der Waals surface area contributed by atoms with Crippen LogP contribution >= 0.6 is 0 Å². The van der Waals surface area contributed by atoms with Crippen LogP contribution in [0.4, 0.5) is 0 Å². The molecule has 0 aliphatic rings. The van der Waals surface area contributed by atoms with Crippen molar-refractivity contribution >= 4 is 5.97 Å². The third-order valence-electron chi connectivity index (χ3n) is 1.38. The van der Waals surface area contributed by atoms with Crippen LogP contribution in [0, 0.1) is 0 Å². The first-order valence-corrected chi connectivity index (χ1v) is 4.70. The van der Waals surface area contributed by atoms with Gasteiger partial charge in [0.15, 0.2) is 0 Å². The Labute approximate surface area is 84.3 Å². The maximum absolute atomic E-state index is 11.1. The van der Waals surface area contributed by atoms with Gasteiger partial charge in [0, 0.05) is 0 Å². The number of hydrogen-bond acceptors (Lipinski definition) is 3. The number of esters is 1. The molecule has 0 radical (unpaired) electrons. The lowest BCUT2D eigenvalue weighted by Gasteiger charge is -2.00. The van der Waals surface area contributed by atoms with E-state index in [9.17, 15) is 4.79 Å². The fourth-order valence-electron chi connectivity index (χ4n) is 0.812. The Morgan fingerprint density at radius 3 is 2.21 bits per heavy atom. The molecule has 0 heterocycles. The Bertz CT molecular complexity index is 264. The number of aromatic hydroxyl groups is 1. The van der Waals surface area contributed by atoms with Gasteiger partial charge in [0.2, 0.25) is 0 Å². The van der Waals surface area contributed by atoms with E-state index in [1.54, 1.807) is 6.92 Å². The smallest absolute Gasteiger partial charge is 0.338 e. The molecule has 0 fully saturated rings. The SMILES string of the molecule is CC.CCOC(=O)c1ccc(O)cc1. The van der Waals surface area contributed by atoms with Gasteiger partial charge in [0.25, 0.3) is 0 Å². The van der Waals surface area contributed by atoms with Gasteiger partial charge in [0.1, 0.15) is 5.75 Å². The number of carbonyl (C=O) groups excluding carboxylic acids is 1. The normalized spacial score (nSPS) is 8.50. The molecular weight excluding hydrogens is 180 g/mol. The van der Waals surface area contributed by atoms with Crippen LogP contribution in [-0.4, -0.2) is 17.7 Å². The first kappa shape index (κ1) is 12.5. The molecule has 0 amide bonds. The van der Waals surface area contributed by atoms with E-state index >= 15 is 0 Å². The average Bonchev–Trinajstić information content (AvgIpc) is 2.22. The van der Waals surface area contributed by atoms with Gasteiger partial charge in [-0.05, 0) is 31.2 Å². The maximum atomic E-state index is 11.1. The van der Waals surface area contributed by atoms with Gasteiger partial charge in [-0.3, -0.25) is 0 Å². The van der Waals surface area contributed by atoms with Gasteiger partial charge in [-0.1, -0.05) is 13.8 Å². The summed E-state index contributed by atoms with van der Waals surface area (Å²) in [6, 6.07) is 5.94. The molecule has 14 heavy (non-hydrogen) atoms. The summed E-state index contributed by atoms with van der Waals surface area (Å²) >= 11 is 0. The Hall–Kier alpha value is -1.51. The van der Waals surface area contributed by atoms with Gasteiger partial charge in [-0.2, -0.15) is 0 Å². The minimum atomic E-state index is -0.363. The van der Waals surface area contributed by atoms with E-state index < -0.39 is 0 Å². The predicted molar refractivity (Wildman–Crippen MR) is 55.4 cm³/mol. The minimum absolute atomic E-state index is 0.142. The maximum Gasteiger partial charge on any atom is 0.338 e. The fraction of sp³-hybridized carbons (Fsp3) is 0.364. The van der Waals surface area contributed by atoms with Crippen molar-refractivity contribution in [2.45, 2.75) is 20.8 Å². The molecule has 1 rings (SSSR count). The van der Waals surface area contributed by atoms with Gasteiger partial charge in [0.05, 0.1) is 12.2 Å². The van der Waals surface area contributed by atoms with E-state index in [4.69, 9.17) is 9.84 Å². The molecule has 0 saturated carbocycles. The van der Waals surface area contributed by atoms with Crippen LogP contribution in [0.3, 0.4) is 0 Å². The molecule has 1 aromatic carbocycles. The van der Waals surface area contributed by atoms with Crippen molar-refractivity contribution in [2.24, 2.45) is 0 Å². The highest BCUT2D eigenvalue weighted by Crippen LogP contribution is 2.10. The molecule has 0 saturated heterocycles. The topological polar surface area (TPSA) is 46.5 Å². The Balaban J connectivity index is 0.000000791. The van der Waals surface area contributed by atoms with Crippen molar-refractivity contribution in [2.75, 3.05) is 6.61 Å². The van der Waals surface area contributed by atoms with Crippen molar-refractivity contribution in [3.05, 3.63) is 29.8 Å². The van der Waals surface area contributed by atoms with E-state index in [2.05, 4.69) is 0 Å². The van der Waals surface area contributed by atoms with E-state index in [1.165, 1.54) is 24.3 Å². The first-order chi connectivity index (χ1) is 6.74. The summed E-state index contributed by atoms with van der Waals surface area (Å²) in [7, 11) is 0. The molecule has 0 bridgehead atoms. The number of ether oxygens (including phenoxy) is 1. The Morgan fingerprint density at radius 1 is 1.29 bits per heavy atom. The average molecular weight is 196 g/mol. The van der Waals surface area contributed by atoms with Crippen molar-refractivity contribution in [3.8, 4) is 5.75 Å². The molecule has 1 aromatic rings. The molecule has 0 unspecified atom stereocenters. The summed E-state index contributed by atoms with van der Waals surface area (Å²) in [5.74, 6) is -0.222. The van der Waals surface area contributed by atoms with Gasteiger partial charge in [-0.25, -0.2) is 4.79 Å². The number of hydrogen-bond donors (Lipinski definition) is 1. The Morgan fingerprint density at radius 2 is 1.79 bits per heavy atom. The largest absolute Gasteiger partial charge is 0.508 e. The van der Waals surface area contributed by atoms with Crippen molar-refractivity contribution < 1.29 is 14.6 Å². The van der Waals surface area contributed by atoms with Gasteiger partial charge < -0.3 is 9.84 Å². The molecule has 1 N–H and O–H groups in total. The number of rotatable bonds is 2. The van der Waals surface area contributed by atoms with Crippen LogP contribution in [0.15, 0.2) is 24.3 Å².